The molecule has 3 N–H and O–H groups in total. The number of pyridine rings is 1. The Labute approximate surface area is 116 Å². The largest absolute Gasteiger partial charge is 0.384 e. The van der Waals surface area contributed by atoms with E-state index in [2.05, 4.69) is 9.71 Å². The zero-order valence-corrected chi connectivity index (χ0v) is 11.4. The van der Waals surface area contributed by atoms with Crippen LogP contribution in [0.25, 0.3) is 0 Å². The fourth-order valence-corrected chi connectivity index (χ4v) is 2.63. The van der Waals surface area contributed by atoms with E-state index in [1.54, 1.807) is 24.3 Å². The summed E-state index contributed by atoms with van der Waals surface area (Å²) in [7, 11) is -3.60. The van der Waals surface area contributed by atoms with Gasteiger partial charge in [0.05, 0.1) is 0 Å². The minimum atomic E-state index is -3.60. The van der Waals surface area contributed by atoms with E-state index in [1.807, 2.05) is 0 Å². The molecule has 19 heavy (non-hydrogen) atoms. The predicted molar refractivity (Wildman–Crippen MR) is 74.1 cm³/mol. The molecule has 2 rings (SSSR count). The van der Waals surface area contributed by atoms with Crippen LogP contribution in [0.3, 0.4) is 0 Å². The van der Waals surface area contributed by atoms with Crippen molar-refractivity contribution in [2.45, 2.75) is 11.4 Å². The number of nitrogens with zero attached hydrogens (tertiary/aromatic N) is 1. The maximum absolute atomic E-state index is 12.0. The van der Waals surface area contributed by atoms with Crippen LogP contribution in [0, 0.1) is 0 Å². The molecule has 0 spiro atoms. The number of nitrogens with two attached hydrogens (primary N) is 1. The summed E-state index contributed by atoms with van der Waals surface area (Å²) in [6, 6.07) is 9.82. The summed E-state index contributed by atoms with van der Waals surface area (Å²) in [6.07, 6.45) is 1.22. The van der Waals surface area contributed by atoms with Gasteiger partial charge in [-0.15, -0.1) is 0 Å². The van der Waals surface area contributed by atoms with Gasteiger partial charge in [-0.3, -0.25) is 0 Å². The number of nitrogens with one attached hydrogen (secondary N) is 1. The maximum atomic E-state index is 12.0. The van der Waals surface area contributed by atoms with Crippen LogP contribution in [0.2, 0.25) is 5.02 Å². The van der Waals surface area contributed by atoms with Crippen LogP contribution in [0.4, 0.5) is 5.82 Å². The highest BCUT2D eigenvalue weighted by Gasteiger charge is 2.13. The molecule has 100 valence electrons. The van der Waals surface area contributed by atoms with Gasteiger partial charge in [-0.2, -0.15) is 0 Å². The lowest BCUT2D eigenvalue weighted by molar-refractivity contribution is 0.581. The van der Waals surface area contributed by atoms with Crippen molar-refractivity contribution in [3.8, 4) is 0 Å². The average Bonchev–Trinajstić information content (AvgIpc) is 2.37. The van der Waals surface area contributed by atoms with Gasteiger partial charge < -0.3 is 5.73 Å². The fourth-order valence-electron chi connectivity index (χ4n) is 1.46. The normalized spacial score (nSPS) is 11.4. The molecular formula is C12H12ClN3O2S. The van der Waals surface area contributed by atoms with Crippen molar-refractivity contribution in [1.29, 1.82) is 0 Å². The summed E-state index contributed by atoms with van der Waals surface area (Å²) in [5.41, 5.74) is 6.19. The zero-order chi connectivity index (χ0) is 13.9. The van der Waals surface area contributed by atoms with E-state index in [-0.39, 0.29) is 17.3 Å². The van der Waals surface area contributed by atoms with Gasteiger partial charge in [0.2, 0.25) is 10.0 Å². The number of hydrogen-bond acceptors (Lipinski definition) is 4. The Morgan fingerprint density at radius 2 is 2.05 bits per heavy atom. The third-order valence-corrected chi connectivity index (χ3v) is 4.05. The van der Waals surface area contributed by atoms with Gasteiger partial charge in [-0.1, -0.05) is 23.7 Å². The first-order chi connectivity index (χ1) is 8.97. The summed E-state index contributed by atoms with van der Waals surface area (Å²) in [5, 5.41) is 0.561. The third kappa shape index (κ3) is 3.66. The Bertz CT molecular complexity index is 672. The molecule has 1 aromatic carbocycles. The molecule has 5 nitrogen and oxygen atoms in total. The third-order valence-electron chi connectivity index (χ3n) is 2.42. The number of sulfonamides is 1. The van der Waals surface area contributed by atoms with Crippen LogP contribution in [0.1, 0.15) is 5.56 Å². The number of halogens is 1. The molecule has 0 aliphatic carbocycles. The molecule has 0 unspecified atom stereocenters. The lowest BCUT2D eigenvalue weighted by Gasteiger charge is -2.07. The molecule has 0 saturated carbocycles. The number of nitrogen functional groups attached to an aromatic ring is 1. The van der Waals surface area contributed by atoms with Gasteiger partial charge in [0.1, 0.15) is 10.7 Å². The Kier molecular flexibility index (Phi) is 4.04. The van der Waals surface area contributed by atoms with E-state index in [0.717, 1.165) is 5.56 Å². The van der Waals surface area contributed by atoms with Crippen molar-refractivity contribution in [2.75, 3.05) is 5.73 Å². The van der Waals surface area contributed by atoms with E-state index >= 15 is 0 Å². The zero-order valence-electron chi connectivity index (χ0n) is 9.88. The van der Waals surface area contributed by atoms with Crippen molar-refractivity contribution in [1.82, 2.24) is 9.71 Å². The quantitative estimate of drug-likeness (QED) is 0.901. The monoisotopic (exact) mass is 297 g/mol. The predicted octanol–water partition coefficient (Wildman–Crippen LogP) is 1.80. The number of anilines is 1. The summed E-state index contributed by atoms with van der Waals surface area (Å²) in [5.74, 6) is 0.272. The van der Waals surface area contributed by atoms with Gasteiger partial charge in [-0.25, -0.2) is 18.1 Å². The lowest BCUT2D eigenvalue weighted by atomic mass is 10.2. The first-order valence-electron chi connectivity index (χ1n) is 5.43. The van der Waals surface area contributed by atoms with Crippen LogP contribution in [0.15, 0.2) is 47.5 Å². The Morgan fingerprint density at radius 3 is 2.68 bits per heavy atom. The SMILES string of the molecule is Nc1ccc(S(=O)(=O)NCc2cccc(Cl)c2)cn1. The van der Waals surface area contributed by atoms with Crippen LogP contribution >= 0.6 is 11.6 Å². The van der Waals surface area contributed by atoms with Crippen LogP contribution in [-0.2, 0) is 16.6 Å². The van der Waals surface area contributed by atoms with Crippen LogP contribution < -0.4 is 10.5 Å². The second kappa shape index (κ2) is 5.56. The number of hydrogen-bond donors (Lipinski definition) is 2. The molecule has 0 fully saturated rings. The lowest BCUT2D eigenvalue weighted by Crippen LogP contribution is -2.23. The minimum Gasteiger partial charge on any atom is -0.384 e. The summed E-state index contributed by atoms with van der Waals surface area (Å²) < 4.78 is 26.4. The standard InChI is InChI=1S/C12H12ClN3O2S/c13-10-3-1-2-9(6-10)7-16-19(17,18)11-4-5-12(14)15-8-11/h1-6,8,16H,7H2,(H2,14,15). The van der Waals surface area contributed by atoms with Gasteiger partial charge in [0, 0.05) is 17.8 Å². The topological polar surface area (TPSA) is 85.1 Å². The Balaban J connectivity index is 2.12. The molecule has 0 aliphatic heterocycles. The molecule has 1 aromatic heterocycles. The van der Waals surface area contributed by atoms with Crippen molar-refractivity contribution in [2.24, 2.45) is 0 Å². The first-order valence-corrected chi connectivity index (χ1v) is 7.29. The van der Waals surface area contributed by atoms with E-state index in [1.165, 1.54) is 18.3 Å². The van der Waals surface area contributed by atoms with Crippen LogP contribution in [0.5, 0.6) is 0 Å². The fraction of sp³-hybridized carbons (Fsp3) is 0.0833. The maximum Gasteiger partial charge on any atom is 0.242 e. The number of aromatic nitrogens is 1. The molecule has 1 heterocycles. The van der Waals surface area contributed by atoms with Gasteiger partial charge in [0.25, 0.3) is 0 Å². The molecule has 0 atom stereocenters. The minimum absolute atomic E-state index is 0.0729. The molecule has 0 radical (unpaired) electrons. The molecule has 0 aliphatic rings. The van der Waals surface area contributed by atoms with Crippen LogP contribution in [-0.4, -0.2) is 13.4 Å². The molecular weight excluding hydrogens is 286 g/mol. The Hall–Kier alpha value is -1.63. The first kappa shape index (κ1) is 13.8. The number of benzene rings is 1. The smallest absolute Gasteiger partial charge is 0.242 e. The van der Waals surface area contributed by atoms with Crippen molar-refractivity contribution >= 4 is 27.4 Å². The molecule has 7 heteroatoms. The van der Waals surface area contributed by atoms with Crippen molar-refractivity contribution in [3.05, 3.63) is 53.2 Å². The van der Waals surface area contributed by atoms with Gasteiger partial charge in [0.15, 0.2) is 0 Å². The molecule has 2 aromatic rings. The second-order valence-electron chi connectivity index (χ2n) is 3.87. The highest BCUT2D eigenvalue weighted by atomic mass is 35.5. The Morgan fingerprint density at radius 1 is 1.26 bits per heavy atom. The van der Waals surface area contributed by atoms with Gasteiger partial charge in [-0.05, 0) is 29.8 Å². The van der Waals surface area contributed by atoms with Crippen molar-refractivity contribution in [3.63, 3.8) is 0 Å². The second-order valence-corrected chi connectivity index (χ2v) is 6.08. The van der Waals surface area contributed by atoms with Gasteiger partial charge >= 0.3 is 0 Å². The summed E-state index contributed by atoms with van der Waals surface area (Å²) in [6.45, 7) is 0.160. The number of rotatable bonds is 4. The van der Waals surface area contributed by atoms with E-state index in [0.29, 0.717) is 5.02 Å². The van der Waals surface area contributed by atoms with Crippen molar-refractivity contribution < 1.29 is 8.42 Å². The summed E-state index contributed by atoms with van der Waals surface area (Å²) in [4.78, 5) is 3.82. The molecule has 0 bridgehead atoms. The molecule has 0 amide bonds. The molecule has 0 saturated heterocycles. The van der Waals surface area contributed by atoms with E-state index < -0.39 is 10.0 Å². The highest BCUT2D eigenvalue weighted by Crippen LogP contribution is 2.12. The highest BCUT2D eigenvalue weighted by molar-refractivity contribution is 7.89. The summed E-state index contributed by atoms with van der Waals surface area (Å²) >= 11 is 5.83. The average molecular weight is 298 g/mol. The van der Waals surface area contributed by atoms with E-state index in [9.17, 15) is 8.42 Å². The van der Waals surface area contributed by atoms with E-state index in [4.69, 9.17) is 17.3 Å².